The highest BCUT2D eigenvalue weighted by atomic mass is 14.6. The molecule has 2 atom stereocenters. The van der Waals surface area contributed by atoms with E-state index >= 15 is 0 Å². The predicted molar refractivity (Wildman–Crippen MR) is 42.3 cm³/mol. The molecule has 0 rings (SSSR count). The Kier molecular flexibility index (Phi) is 3.87. The zero-order valence-electron chi connectivity index (χ0n) is 7.02. The highest BCUT2D eigenvalue weighted by Gasteiger charge is 2.14. The van der Waals surface area contributed by atoms with E-state index in [4.69, 9.17) is 5.73 Å². The molecule has 0 bridgehead atoms. The second-order valence-corrected chi connectivity index (χ2v) is 3.18. The highest BCUT2D eigenvalue weighted by Crippen LogP contribution is 2.16. The Morgan fingerprint density at radius 1 is 1.22 bits per heavy atom. The largest absolute Gasteiger partial charge is 0.328 e. The third kappa shape index (κ3) is 2.85. The Balaban J connectivity index is 3.68. The van der Waals surface area contributed by atoms with E-state index in [1.807, 2.05) is 0 Å². The van der Waals surface area contributed by atoms with Gasteiger partial charge >= 0.3 is 0 Å². The molecule has 2 N–H and O–H groups in total. The van der Waals surface area contributed by atoms with Crippen LogP contribution in [0.15, 0.2) is 0 Å². The first-order valence-electron chi connectivity index (χ1n) is 3.85. The van der Waals surface area contributed by atoms with Gasteiger partial charge in [-0.2, -0.15) is 0 Å². The summed E-state index contributed by atoms with van der Waals surface area (Å²) >= 11 is 0. The molecule has 0 saturated carbocycles. The third-order valence-corrected chi connectivity index (χ3v) is 2.00. The van der Waals surface area contributed by atoms with Gasteiger partial charge in [-0.05, 0) is 18.8 Å². The summed E-state index contributed by atoms with van der Waals surface area (Å²) in [6, 6.07) is 0.356. The van der Waals surface area contributed by atoms with Crippen molar-refractivity contribution in [3.8, 4) is 0 Å². The maximum Gasteiger partial charge on any atom is 0.00411 e. The molecule has 1 heteroatoms. The van der Waals surface area contributed by atoms with Crippen LogP contribution in [0.2, 0.25) is 0 Å². The van der Waals surface area contributed by atoms with Gasteiger partial charge in [-0.15, -0.1) is 0 Å². The van der Waals surface area contributed by atoms with Crippen LogP contribution in [0.1, 0.15) is 34.1 Å². The van der Waals surface area contributed by atoms with Crippen molar-refractivity contribution in [1.29, 1.82) is 0 Å². The van der Waals surface area contributed by atoms with Crippen LogP contribution < -0.4 is 5.73 Å². The van der Waals surface area contributed by atoms with Crippen LogP contribution in [0.3, 0.4) is 0 Å². The van der Waals surface area contributed by atoms with E-state index in [1.54, 1.807) is 0 Å². The molecule has 1 nitrogen and oxygen atoms in total. The summed E-state index contributed by atoms with van der Waals surface area (Å²) in [5.41, 5.74) is 5.75. The van der Waals surface area contributed by atoms with Gasteiger partial charge in [-0.3, -0.25) is 0 Å². The Morgan fingerprint density at radius 3 is 1.67 bits per heavy atom. The fourth-order valence-electron chi connectivity index (χ4n) is 1.45. The smallest absolute Gasteiger partial charge is 0.00411 e. The Hall–Kier alpha value is -0.0400. The fraction of sp³-hybridized carbons (Fsp3) is 1.00. The van der Waals surface area contributed by atoms with Gasteiger partial charge in [0.05, 0.1) is 0 Å². The number of hydrogen-bond acceptors (Lipinski definition) is 1. The van der Waals surface area contributed by atoms with Gasteiger partial charge in [0.2, 0.25) is 0 Å². The van der Waals surface area contributed by atoms with Crippen molar-refractivity contribution in [2.75, 3.05) is 0 Å². The lowest BCUT2D eigenvalue weighted by Gasteiger charge is -2.22. The van der Waals surface area contributed by atoms with Crippen molar-refractivity contribution in [2.45, 2.75) is 40.2 Å². The zero-order chi connectivity index (χ0) is 7.44. The van der Waals surface area contributed by atoms with Gasteiger partial charge in [0, 0.05) is 6.04 Å². The first kappa shape index (κ1) is 8.96. The van der Waals surface area contributed by atoms with Gasteiger partial charge in [0.15, 0.2) is 0 Å². The molecule has 0 amide bonds. The first-order valence-corrected chi connectivity index (χ1v) is 3.85. The molecule has 0 aliphatic heterocycles. The average Bonchev–Trinajstić information content (AvgIpc) is 1.64. The predicted octanol–water partition coefficient (Wildman–Crippen LogP) is 2.02. The maximum atomic E-state index is 5.75. The third-order valence-electron chi connectivity index (χ3n) is 2.00. The van der Waals surface area contributed by atoms with Crippen molar-refractivity contribution in [1.82, 2.24) is 0 Å². The molecule has 0 aliphatic rings. The maximum absolute atomic E-state index is 5.75. The second kappa shape index (κ2) is 3.89. The van der Waals surface area contributed by atoms with Crippen molar-refractivity contribution in [3.63, 3.8) is 0 Å². The van der Waals surface area contributed by atoms with Gasteiger partial charge < -0.3 is 5.73 Å². The molecule has 0 spiro atoms. The van der Waals surface area contributed by atoms with E-state index in [0.29, 0.717) is 12.0 Å². The quantitative estimate of drug-likeness (QED) is 0.620. The van der Waals surface area contributed by atoms with Crippen molar-refractivity contribution < 1.29 is 0 Å². The number of rotatable bonds is 3. The summed E-state index contributed by atoms with van der Waals surface area (Å²) in [5.74, 6) is 1.43. The zero-order valence-corrected chi connectivity index (χ0v) is 7.02. The van der Waals surface area contributed by atoms with E-state index in [-0.39, 0.29) is 0 Å². The minimum absolute atomic E-state index is 0.356. The lowest BCUT2D eigenvalue weighted by molar-refractivity contribution is 0.322. The van der Waals surface area contributed by atoms with Crippen molar-refractivity contribution in [3.05, 3.63) is 0 Å². The lowest BCUT2D eigenvalue weighted by Crippen LogP contribution is -2.29. The molecule has 0 aliphatic carbocycles. The van der Waals surface area contributed by atoms with Crippen molar-refractivity contribution >= 4 is 0 Å². The van der Waals surface area contributed by atoms with Crippen LogP contribution >= 0.6 is 0 Å². The van der Waals surface area contributed by atoms with Crippen LogP contribution in [0.5, 0.6) is 0 Å². The molecule has 0 aromatic carbocycles. The summed E-state index contributed by atoms with van der Waals surface area (Å²) < 4.78 is 0. The average molecular weight is 129 g/mol. The molecule has 0 radical (unpaired) electrons. The van der Waals surface area contributed by atoms with Crippen LogP contribution in [-0.2, 0) is 0 Å². The van der Waals surface area contributed by atoms with E-state index in [0.717, 1.165) is 5.92 Å². The molecule has 0 heterocycles. The molecule has 0 saturated heterocycles. The van der Waals surface area contributed by atoms with Gasteiger partial charge in [-0.1, -0.05) is 27.2 Å². The van der Waals surface area contributed by atoms with Gasteiger partial charge in [0.1, 0.15) is 0 Å². The lowest BCUT2D eigenvalue weighted by atomic mass is 9.88. The van der Waals surface area contributed by atoms with Gasteiger partial charge in [0.25, 0.3) is 0 Å². The summed E-state index contributed by atoms with van der Waals surface area (Å²) in [5, 5.41) is 0. The number of hydrogen-bond donors (Lipinski definition) is 1. The van der Waals surface area contributed by atoms with E-state index < -0.39 is 0 Å². The standard InChI is InChI=1S/C8H19N/c1-5-8(6(2)3)7(4)9/h6-8H,5,9H2,1-4H3/t7-,8?/m1/s1. The summed E-state index contributed by atoms with van der Waals surface area (Å²) in [6.07, 6.45) is 1.20. The normalized spacial score (nSPS) is 18.0. The van der Waals surface area contributed by atoms with E-state index in [2.05, 4.69) is 27.7 Å². The van der Waals surface area contributed by atoms with E-state index in [1.165, 1.54) is 6.42 Å². The van der Waals surface area contributed by atoms with Crippen LogP contribution in [-0.4, -0.2) is 6.04 Å². The molecule has 0 aromatic rings. The molecule has 1 unspecified atom stereocenters. The topological polar surface area (TPSA) is 26.0 Å². The fourth-order valence-corrected chi connectivity index (χ4v) is 1.45. The van der Waals surface area contributed by atoms with E-state index in [9.17, 15) is 0 Å². The summed E-state index contributed by atoms with van der Waals surface area (Å²) in [4.78, 5) is 0. The monoisotopic (exact) mass is 129 g/mol. The SMILES string of the molecule is CCC(C(C)C)[C@@H](C)N. The minimum atomic E-state index is 0.356. The molecule has 56 valence electrons. The summed E-state index contributed by atoms with van der Waals surface area (Å²) in [6.45, 7) is 8.76. The van der Waals surface area contributed by atoms with Gasteiger partial charge in [-0.25, -0.2) is 0 Å². The minimum Gasteiger partial charge on any atom is -0.328 e. The molecule has 0 fully saturated rings. The Morgan fingerprint density at radius 2 is 1.67 bits per heavy atom. The van der Waals surface area contributed by atoms with Crippen LogP contribution in [0.25, 0.3) is 0 Å². The molecular weight excluding hydrogens is 110 g/mol. The van der Waals surface area contributed by atoms with Crippen LogP contribution in [0.4, 0.5) is 0 Å². The Bertz CT molecular complexity index is 59.0. The second-order valence-electron chi connectivity index (χ2n) is 3.18. The Labute approximate surface area is 58.6 Å². The van der Waals surface area contributed by atoms with Crippen LogP contribution in [0, 0.1) is 11.8 Å². The first-order chi connectivity index (χ1) is 4.09. The highest BCUT2D eigenvalue weighted by molar-refractivity contribution is 4.69. The number of nitrogens with two attached hydrogens (primary N) is 1. The van der Waals surface area contributed by atoms with Crippen molar-refractivity contribution in [2.24, 2.45) is 17.6 Å². The molecular formula is C8H19N. The molecule has 9 heavy (non-hydrogen) atoms. The molecule has 0 aromatic heterocycles. The summed E-state index contributed by atoms with van der Waals surface area (Å²) in [7, 11) is 0.